The summed E-state index contributed by atoms with van der Waals surface area (Å²) in [5, 5.41) is 16.1. The van der Waals surface area contributed by atoms with Crippen LogP contribution in [0.5, 0.6) is 5.75 Å². The van der Waals surface area contributed by atoms with E-state index in [1.165, 1.54) is 0 Å². The number of hydrogen-bond donors (Lipinski definition) is 3. The fourth-order valence-corrected chi connectivity index (χ4v) is 2.38. The van der Waals surface area contributed by atoms with Gasteiger partial charge >= 0.3 is 0 Å². The maximum Gasteiger partial charge on any atom is 0.224 e. The molecule has 0 radical (unpaired) electrons. The number of aliphatic hydroxyl groups is 1. The van der Waals surface area contributed by atoms with E-state index < -0.39 is 6.10 Å². The molecule has 5 nitrogen and oxygen atoms in total. The smallest absolute Gasteiger partial charge is 0.224 e. The highest BCUT2D eigenvalue weighted by Gasteiger charge is 2.21. The number of rotatable bonds is 5. The lowest BCUT2D eigenvalue weighted by Crippen LogP contribution is -2.41. The van der Waals surface area contributed by atoms with Crippen LogP contribution in [0.3, 0.4) is 0 Å². The highest BCUT2D eigenvalue weighted by atomic mass is 35.5. The topological polar surface area (TPSA) is 70.6 Å². The first kappa shape index (κ1) is 17.8. The van der Waals surface area contributed by atoms with Gasteiger partial charge in [0.1, 0.15) is 5.75 Å². The molecule has 1 aromatic rings. The Morgan fingerprint density at radius 2 is 2.38 bits per heavy atom. The van der Waals surface area contributed by atoms with Crippen LogP contribution in [-0.4, -0.2) is 37.8 Å². The second-order valence-electron chi connectivity index (χ2n) is 5.08. The summed E-state index contributed by atoms with van der Waals surface area (Å²) in [5.74, 6) is 0.727. The molecule has 1 fully saturated rings. The van der Waals surface area contributed by atoms with Crippen LogP contribution < -0.4 is 15.4 Å². The fourth-order valence-electron chi connectivity index (χ4n) is 2.38. The second-order valence-corrected chi connectivity index (χ2v) is 5.08. The summed E-state index contributed by atoms with van der Waals surface area (Å²) in [5.41, 5.74) is 0.742. The Morgan fingerprint density at radius 3 is 3.05 bits per heavy atom. The number of ether oxygens (including phenoxy) is 1. The summed E-state index contributed by atoms with van der Waals surface area (Å²) in [7, 11) is 1.59. The maximum atomic E-state index is 12.0. The van der Waals surface area contributed by atoms with Gasteiger partial charge in [-0.25, -0.2) is 0 Å². The molecule has 0 aliphatic carbocycles. The van der Waals surface area contributed by atoms with Crippen molar-refractivity contribution < 1.29 is 14.6 Å². The van der Waals surface area contributed by atoms with Crippen molar-refractivity contribution in [2.24, 2.45) is 5.92 Å². The van der Waals surface area contributed by atoms with E-state index in [-0.39, 0.29) is 30.8 Å². The average Bonchev–Trinajstić information content (AvgIpc) is 2.53. The molecule has 3 N–H and O–H groups in total. The molecule has 1 heterocycles. The largest absolute Gasteiger partial charge is 0.497 e. The third-order valence-electron chi connectivity index (χ3n) is 3.62. The van der Waals surface area contributed by atoms with E-state index in [9.17, 15) is 9.90 Å². The molecular formula is C15H23ClN2O3. The second kappa shape index (κ2) is 8.87. The monoisotopic (exact) mass is 314 g/mol. The molecule has 6 heteroatoms. The molecule has 0 saturated carbocycles. The highest BCUT2D eigenvalue weighted by Crippen LogP contribution is 2.18. The Morgan fingerprint density at radius 1 is 1.57 bits per heavy atom. The summed E-state index contributed by atoms with van der Waals surface area (Å²) in [6, 6.07) is 7.24. The molecule has 2 rings (SSSR count). The summed E-state index contributed by atoms with van der Waals surface area (Å²) < 4.78 is 5.12. The molecule has 21 heavy (non-hydrogen) atoms. The van der Waals surface area contributed by atoms with E-state index in [1.54, 1.807) is 13.2 Å². The normalized spacial score (nSPS) is 19.2. The molecule has 118 valence electrons. The highest BCUT2D eigenvalue weighted by molar-refractivity contribution is 5.85. The van der Waals surface area contributed by atoms with Crippen LogP contribution in [-0.2, 0) is 4.79 Å². The predicted molar refractivity (Wildman–Crippen MR) is 83.8 cm³/mol. The molecule has 1 amide bonds. The number of piperidine rings is 1. The van der Waals surface area contributed by atoms with Crippen LogP contribution in [0.1, 0.15) is 24.5 Å². The van der Waals surface area contributed by atoms with Gasteiger partial charge in [-0.15, -0.1) is 12.4 Å². The van der Waals surface area contributed by atoms with Gasteiger partial charge in [0.25, 0.3) is 0 Å². The van der Waals surface area contributed by atoms with Crippen molar-refractivity contribution in [1.29, 1.82) is 0 Å². The quantitative estimate of drug-likeness (QED) is 0.765. The van der Waals surface area contributed by atoms with Gasteiger partial charge in [0.2, 0.25) is 5.91 Å². The lowest BCUT2D eigenvalue weighted by molar-refractivity contribution is -0.125. The minimum absolute atomic E-state index is 0. The van der Waals surface area contributed by atoms with Crippen molar-refractivity contribution in [2.45, 2.75) is 18.9 Å². The summed E-state index contributed by atoms with van der Waals surface area (Å²) in [6.45, 7) is 1.93. The molecule has 0 spiro atoms. The Labute approximate surface area is 131 Å². The minimum Gasteiger partial charge on any atom is -0.497 e. The molecule has 0 bridgehead atoms. The number of benzene rings is 1. The van der Waals surface area contributed by atoms with Gasteiger partial charge in [-0.1, -0.05) is 12.1 Å². The van der Waals surface area contributed by atoms with E-state index in [2.05, 4.69) is 10.6 Å². The van der Waals surface area contributed by atoms with Gasteiger partial charge in [-0.05, 0) is 37.1 Å². The van der Waals surface area contributed by atoms with Gasteiger partial charge in [0.05, 0.1) is 19.1 Å². The number of carbonyl (C=O) groups is 1. The van der Waals surface area contributed by atoms with Crippen molar-refractivity contribution in [3.05, 3.63) is 29.8 Å². The minimum atomic E-state index is -0.717. The zero-order chi connectivity index (χ0) is 14.4. The third-order valence-corrected chi connectivity index (χ3v) is 3.62. The number of methoxy groups -OCH3 is 1. The van der Waals surface area contributed by atoms with Crippen LogP contribution in [0.15, 0.2) is 24.3 Å². The van der Waals surface area contributed by atoms with Crippen molar-refractivity contribution in [2.75, 3.05) is 26.7 Å². The Bertz CT molecular complexity index is 450. The van der Waals surface area contributed by atoms with Crippen LogP contribution in [0.4, 0.5) is 0 Å². The molecule has 1 aromatic carbocycles. The van der Waals surface area contributed by atoms with Gasteiger partial charge in [0, 0.05) is 13.1 Å². The Balaban J connectivity index is 0.00000220. The van der Waals surface area contributed by atoms with Crippen molar-refractivity contribution in [1.82, 2.24) is 10.6 Å². The molecule has 1 aliphatic heterocycles. The van der Waals surface area contributed by atoms with Gasteiger partial charge in [-0.2, -0.15) is 0 Å². The van der Waals surface area contributed by atoms with Crippen molar-refractivity contribution in [3.8, 4) is 5.75 Å². The van der Waals surface area contributed by atoms with E-state index >= 15 is 0 Å². The zero-order valence-corrected chi connectivity index (χ0v) is 13.0. The number of hydrogen-bond acceptors (Lipinski definition) is 4. The lowest BCUT2D eigenvalue weighted by atomic mass is 9.98. The first-order valence-corrected chi connectivity index (χ1v) is 7.01. The maximum absolute atomic E-state index is 12.0. The van der Waals surface area contributed by atoms with E-state index in [0.29, 0.717) is 5.75 Å². The number of nitrogens with one attached hydrogen (secondary N) is 2. The molecule has 2 unspecified atom stereocenters. The van der Waals surface area contributed by atoms with Crippen LogP contribution in [0.25, 0.3) is 0 Å². The van der Waals surface area contributed by atoms with Crippen LogP contribution in [0, 0.1) is 5.92 Å². The molecule has 2 atom stereocenters. The summed E-state index contributed by atoms with van der Waals surface area (Å²) in [4.78, 5) is 12.0. The first-order valence-electron chi connectivity index (χ1n) is 7.01. The van der Waals surface area contributed by atoms with Crippen LogP contribution in [0.2, 0.25) is 0 Å². The number of amides is 1. The molecule has 1 saturated heterocycles. The zero-order valence-electron chi connectivity index (χ0n) is 12.2. The first-order chi connectivity index (χ1) is 9.70. The molecular weight excluding hydrogens is 292 g/mol. The molecule has 0 aromatic heterocycles. The van der Waals surface area contributed by atoms with Gasteiger partial charge < -0.3 is 20.5 Å². The third kappa shape index (κ3) is 5.19. The Kier molecular flexibility index (Phi) is 7.50. The van der Waals surface area contributed by atoms with Crippen molar-refractivity contribution in [3.63, 3.8) is 0 Å². The van der Waals surface area contributed by atoms with Gasteiger partial charge in [-0.3, -0.25) is 4.79 Å². The van der Waals surface area contributed by atoms with Crippen LogP contribution >= 0.6 is 12.4 Å². The standard InChI is InChI=1S/C15H22N2O3.ClH/c1-20-13-6-2-4-11(8-13)14(18)10-17-15(19)12-5-3-7-16-9-12;/h2,4,6,8,12,14,16,18H,3,5,7,9-10H2,1H3,(H,17,19);1H. The summed E-state index contributed by atoms with van der Waals surface area (Å²) in [6.07, 6.45) is 1.22. The SMILES string of the molecule is COc1cccc(C(O)CNC(=O)C2CCCNC2)c1.Cl. The fraction of sp³-hybridized carbons (Fsp3) is 0.533. The number of halogens is 1. The Hall–Kier alpha value is -1.30. The predicted octanol–water partition coefficient (Wildman–Crippen LogP) is 1.27. The average molecular weight is 315 g/mol. The van der Waals surface area contributed by atoms with Crippen molar-refractivity contribution >= 4 is 18.3 Å². The molecule has 1 aliphatic rings. The van der Waals surface area contributed by atoms with E-state index in [1.807, 2.05) is 18.2 Å². The number of carbonyl (C=O) groups excluding carboxylic acids is 1. The lowest BCUT2D eigenvalue weighted by Gasteiger charge is -2.22. The van der Waals surface area contributed by atoms with E-state index in [0.717, 1.165) is 31.5 Å². The summed E-state index contributed by atoms with van der Waals surface area (Å²) >= 11 is 0. The van der Waals surface area contributed by atoms with E-state index in [4.69, 9.17) is 4.74 Å². The number of aliphatic hydroxyl groups excluding tert-OH is 1. The van der Waals surface area contributed by atoms with Gasteiger partial charge in [0.15, 0.2) is 0 Å².